The number of aromatic hydroxyl groups is 1. The van der Waals surface area contributed by atoms with E-state index in [9.17, 15) is 9.50 Å². The van der Waals surface area contributed by atoms with Crippen molar-refractivity contribution < 1.29 is 14.0 Å². The fraction of sp³-hybridized carbons (Fsp3) is 0.444. The van der Waals surface area contributed by atoms with Crippen molar-refractivity contribution in [2.24, 2.45) is 4.99 Å². The molecule has 0 atom stereocenters. The smallest absolute Gasteiger partial charge is 0.191 e. The molecule has 1 aromatic carbocycles. The standard InChI is InChI=1S/C18H25FN4O2.HI/c1-4-13(5-2)16-9-14(25-23-16)11-22-18(20-3)21-10-12-6-7-17(24)15(19)8-12;/h6-9,13,24H,4-5,10-11H2,1-3H3,(H2,20,21,22);1H. The number of aliphatic imine (C=N–C) groups is 1. The van der Waals surface area contributed by atoms with Crippen LogP contribution in [0.1, 0.15) is 49.6 Å². The van der Waals surface area contributed by atoms with E-state index in [1.807, 2.05) is 6.07 Å². The van der Waals surface area contributed by atoms with Crippen LogP contribution in [0.5, 0.6) is 5.75 Å². The van der Waals surface area contributed by atoms with Gasteiger partial charge in [0.05, 0.1) is 12.2 Å². The van der Waals surface area contributed by atoms with Gasteiger partial charge in [0.1, 0.15) is 0 Å². The minimum atomic E-state index is -0.641. The van der Waals surface area contributed by atoms with Gasteiger partial charge in [-0.15, -0.1) is 24.0 Å². The van der Waals surface area contributed by atoms with Crippen molar-refractivity contribution >= 4 is 29.9 Å². The van der Waals surface area contributed by atoms with Gasteiger partial charge in [0.2, 0.25) is 0 Å². The molecule has 0 aliphatic rings. The van der Waals surface area contributed by atoms with Gasteiger partial charge in [-0.3, -0.25) is 4.99 Å². The number of halogens is 2. The number of aromatic nitrogens is 1. The summed E-state index contributed by atoms with van der Waals surface area (Å²) >= 11 is 0. The van der Waals surface area contributed by atoms with Gasteiger partial charge in [-0.1, -0.05) is 25.1 Å². The Hall–Kier alpha value is -1.84. The van der Waals surface area contributed by atoms with E-state index in [-0.39, 0.29) is 29.7 Å². The van der Waals surface area contributed by atoms with E-state index >= 15 is 0 Å². The van der Waals surface area contributed by atoms with Crippen molar-refractivity contribution in [3.05, 3.63) is 47.1 Å². The molecule has 2 aromatic rings. The number of hydrogen-bond donors (Lipinski definition) is 3. The quantitative estimate of drug-likeness (QED) is 0.321. The Bertz CT molecular complexity index is 717. The third kappa shape index (κ3) is 6.15. The fourth-order valence-corrected chi connectivity index (χ4v) is 2.55. The van der Waals surface area contributed by atoms with Crippen LogP contribution >= 0.6 is 24.0 Å². The highest BCUT2D eigenvalue weighted by molar-refractivity contribution is 14.0. The Morgan fingerprint density at radius 3 is 2.54 bits per heavy atom. The Balaban J connectivity index is 0.00000338. The van der Waals surface area contributed by atoms with E-state index in [2.05, 4.69) is 34.6 Å². The van der Waals surface area contributed by atoms with Crippen LogP contribution in [0.25, 0.3) is 0 Å². The van der Waals surface area contributed by atoms with Crippen molar-refractivity contribution in [2.45, 2.75) is 45.7 Å². The molecule has 0 saturated heterocycles. The average molecular weight is 476 g/mol. The molecule has 0 amide bonds. The van der Waals surface area contributed by atoms with Gasteiger partial charge in [0.25, 0.3) is 0 Å². The zero-order chi connectivity index (χ0) is 18.2. The zero-order valence-corrected chi connectivity index (χ0v) is 17.6. The first kappa shape index (κ1) is 22.2. The molecule has 0 radical (unpaired) electrons. The van der Waals surface area contributed by atoms with Crippen LogP contribution in [0, 0.1) is 5.82 Å². The largest absolute Gasteiger partial charge is 0.505 e. The van der Waals surface area contributed by atoms with Crippen molar-refractivity contribution in [1.82, 2.24) is 15.8 Å². The van der Waals surface area contributed by atoms with Gasteiger partial charge in [-0.05, 0) is 30.5 Å². The van der Waals surface area contributed by atoms with Crippen LogP contribution in [-0.4, -0.2) is 23.3 Å². The highest BCUT2D eigenvalue weighted by atomic mass is 127. The van der Waals surface area contributed by atoms with Crippen molar-refractivity contribution in [1.29, 1.82) is 0 Å². The lowest BCUT2D eigenvalue weighted by atomic mass is 9.99. The number of rotatable bonds is 7. The third-order valence-corrected chi connectivity index (χ3v) is 4.11. The molecule has 0 saturated carbocycles. The van der Waals surface area contributed by atoms with Gasteiger partial charge in [0, 0.05) is 25.6 Å². The maximum atomic E-state index is 13.3. The molecule has 8 heteroatoms. The number of nitrogens with one attached hydrogen (secondary N) is 2. The maximum absolute atomic E-state index is 13.3. The first-order chi connectivity index (χ1) is 12.1. The molecule has 144 valence electrons. The summed E-state index contributed by atoms with van der Waals surface area (Å²) in [4.78, 5) is 4.12. The number of phenolic OH excluding ortho intramolecular Hbond substituents is 1. The van der Waals surface area contributed by atoms with Gasteiger partial charge in [-0.2, -0.15) is 0 Å². The second kappa shape index (κ2) is 11.0. The highest BCUT2D eigenvalue weighted by Gasteiger charge is 2.13. The average Bonchev–Trinajstić information content (AvgIpc) is 3.08. The lowest BCUT2D eigenvalue weighted by Crippen LogP contribution is -2.36. The summed E-state index contributed by atoms with van der Waals surface area (Å²) in [6.45, 7) is 5.11. The molecule has 0 spiro atoms. The lowest BCUT2D eigenvalue weighted by Gasteiger charge is -2.11. The number of hydrogen-bond acceptors (Lipinski definition) is 4. The predicted molar refractivity (Wildman–Crippen MR) is 110 cm³/mol. The minimum absolute atomic E-state index is 0. The van der Waals surface area contributed by atoms with Crippen molar-refractivity contribution in [3.63, 3.8) is 0 Å². The summed E-state index contributed by atoms with van der Waals surface area (Å²) in [6, 6.07) is 6.23. The highest BCUT2D eigenvalue weighted by Crippen LogP contribution is 2.22. The van der Waals surface area contributed by atoms with E-state index < -0.39 is 5.82 Å². The Morgan fingerprint density at radius 2 is 1.92 bits per heavy atom. The number of benzene rings is 1. The zero-order valence-electron chi connectivity index (χ0n) is 15.3. The normalized spacial score (nSPS) is 11.3. The van der Waals surface area contributed by atoms with Crippen LogP contribution < -0.4 is 10.6 Å². The SMILES string of the molecule is CCC(CC)c1cc(CNC(=NC)NCc2ccc(O)c(F)c2)on1.I. The van der Waals surface area contributed by atoms with Gasteiger partial charge < -0.3 is 20.3 Å². The van der Waals surface area contributed by atoms with Gasteiger partial charge in [0.15, 0.2) is 23.3 Å². The van der Waals surface area contributed by atoms with E-state index in [1.54, 1.807) is 13.1 Å². The van der Waals surface area contributed by atoms with Crippen LogP contribution in [0.3, 0.4) is 0 Å². The number of guanidine groups is 1. The number of phenols is 1. The van der Waals surface area contributed by atoms with Gasteiger partial charge >= 0.3 is 0 Å². The molecule has 0 unspecified atom stereocenters. The Morgan fingerprint density at radius 1 is 1.23 bits per heavy atom. The summed E-state index contributed by atoms with van der Waals surface area (Å²) in [6.07, 6.45) is 2.06. The molecule has 3 N–H and O–H groups in total. The molecule has 26 heavy (non-hydrogen) atoms. The summed E-state index contributed by atoms with van der Waals surface area (Å²) in [5.41, 5.74) is 1.68. The molecule has 2 rings (SSSR count). The summed E-state index contributed by atoms with van der Waals surface area (Å²) in [7, 11) is 1.66. The first-order valence-corrected chi connectivity index (χ1v) is 8.44. The second-order valence-corrected chi connectivity index (χ2v) is 5.80. The topological polar surface area (TPSA) is 82.7 Å². The Labute approximate surface area is 170 Å². The van der Waals surface area contributed by atoms with E-state index in [0.29, 0.717) is 30.5 Å². The van der Waals surface area contributed by atoms with E-state index in [1.165, 1.54) is 12.1 Å². The molecule has 0 aliphatic heterocycles. The summed E-state index contributed by atoms with van der Waals surface area (Å²) in [5.74, 6) is 0.719. The van der Waals surface area contributed by atoms with Crippen LogP contribution in [0.2, 0.25) is 0 Å². The van der Waals surface area contributed by atoms with E-state index in [0.717, 1.165) is 24.3 Å². The van der Waals surface area contributed by atoms with Crippen LogP contribution in [-0.2, 0) is 13.1 Å². The summed E-state index contributed by atoms with van der Waals surface area (Å²) in [5, 5.41) is 19.6. The van der Waals surface area contributed by atoms with E-state index in [4.69, 9.17) is 4.52 Å². The van der Waals surface area contributed by atoms with Crippen molar-refractivity contribution in [3.8, 4) is 5.75 Å². The lowest BCUT2D eigenvalue weighted by molar-refractivity contribution is 0.368. The van der Waals surface area contributed by atoms with Gasteiger partial charge in [-0.25, -0.2) is 4.39 Å². The van der Waals surface area contributed by atoms with Crippen LogP contribution in [0.15, 0.2) is 33.8 Å². The third-order valence-electron chi connectivity index (χ3n) is 4.11. The molecule has 0 fully saturated rings. The maximum Gasteiger partial charge on any atom is 0.191 e. The monoisotopic (exact) mass is 476 g/mol. The molecule has 6 nitrogen and oxygen atoms in total. The second-order valence-electron chi connectivity index (χ2n) is 5.80. The molecule has 0 aliphatic carbocycles. The predicted octanol–water partition coefficient (Wildman–Crippen LogP) is 3.91. The molecule has 0 bridgehead atoms. The number of nitrogens with zero attached hydrogens (tertiary/aromatic N) is 2. The minimum Gasteiger partial charge on any atom is -0.505 e. The van der Waals surface area contributed by atoms with Crippen LogP contribution in [0.4, 0.5) is 4.39 Å². The molecular weight excluding hydrogens is 450 g/mol. The molecule has 1 heterocycles. The molecule has 1 aromatic heterocycles. The fourth-order valence-electron chi connectivity index (χ4n) is 2.55. The summed E-state index contributed by atoms with van der Waals surface area (Å²) < 4.78 is 18.7. The Kier molecular flexibility index (Phi) is 9.39. The first-order valence-electron chi connectivity index (χ1n) is 8.44. The molecular formula is C18H26FIN4O2. The van der Waals surface area contributed by atoms with Crippen molar-refractivity contribution in [2.75, 3.05) is 7.05 Å².